The Morgan fingerprint density at radius 1 is 0.969 bits per heavy atom. The topological polar surface area (TPSA) is 95.6 Å². The predicted molar refractivity (Wildman–Crippen MR) is 111 cm³/mol. The van der Waals surface area contributed by atoms with E-state index < -0.39 is 44.4 Å². The third-order valence-electron chi connectivity index (χ3n) is 5.12. The van der Waals surface area contributed by atoms with Crippen LogP contribution in [0.15, 0.2) is 59.5 Å². The van der Waals surface area contributed by atoms with Crippen LogP contribution in [-0.4, -0.2) is 44.2 Å². The molecule has 172 valence electrons. The smallest absolute Gasteiger partial charge is 0.347 e. The first-order chi connectivity index (χ1) is 15.1. The summed E-state index contributed by atoms with van der Waals surface area (Å²) in [6, 6.07) is 12.7. The van der Waals surface area contributed by atoms with Gasteiger partial charge in [-0.15, -0.1) is 0 Å². The minimum absolute atomic E-state index is 0.0944. The van der Waals surface area contributed by atoms with Crippen molar-refractivity contribution < 1.29 is 31.2 Å². The number of para-hydroxylation sites is 1. The van der Waals surface area contributed by atoms with Crippen molar-refractivity contribution in [2.75, 3.05) is 25.0 Å². The van der Waals surface area contributed by atoms with Gasteiger partial charge in [0.1, 0.15) is 0 Å². The van der Waals surface area contributed by atoms with Gasteiger partial charge < -0.3 is 10.6 Å². The molecule has 2 aromatic rings. The molecule has 1 fully saturated rings. The molecule has 0 bridgehead atoms. The molecule has 2 amide bonds. The Morgan fingerprint density at radius 3 is 2.19 bits per heavy atom. The van der Waals surface area contributed by atoms with E-state index in [9.17, 15) is 31.2 Å². The molecule has 1 heterocycles. The van der Waals surface area contributed by atoms with E-state index >= 15 is 0 Å². The van der Waals surface area contributed by atoms with Crippen LogP contribution in [0.25, 0.3) is 0 Å². The van der Waals surface area contributed by atoms with Crippen LogP contribution in [0.3, 0.4) is 0 Å². The largest absolute Gasteiger partial charge is 0.417 e. The molecule has 0 radical (unpaired) electrons. The van der Waals surface area contributed by atoms with Gasteiger partial charge in [0, 0.05) is 24.7 Å². The van der Waals surface area contributed by atoms with Crippen LogP contribution in [0.1, 0.15) is 18.4 Å². The lowest BCUT2D eigenvalue weighted by atomic mass is 9.97. The first kappa shape index (κ1) is 23.7. The summed E-state index contributed by atoms with van der Waals surface area (Å²) in [4.78, 5) is 23.5. The second kappa shape index (κ2) is 9.70. The molecular weight excluding hydrogens is 447 g/mol. The first-order valence-electron chi connectivity index (χ1n) is 9.88. The van der Waals surface area contributed by atoms with Crippen LogP contribution in [0, 0.1) is 5.92 Å². The highest BCUT2D eigenvalue weighted by atomic mass is 32.2. The SMILES string of the molecule is O=C(CNC(=O)C1CCN(S(=O)(=O)c2ccccc2C(F)(F)F)CC1)Nc1ccccc1. The van der Waals surface area contributed by atoms with Crippen molar-refractivity contribution in [3.05, 3.63) is 60.2 Å². The number of sulfonamides is 1. The fraction of sp³-hybridized carbons (Fsp3) is 0.333. The summed E-state index contributed by atoms with van der Waals surface area (Å²) in [7, 11) is -4.37. The van der Waals surface area contributed by atoms with Gasteiger partial charge in [0.2, 0.25) is 21.8 Å². The Labute approximate surface area is 183 Å². The lowest BCUT2D eigenvalue weighted by Crippen LogP contribution is -2.44. The van der Waals surface area contributed by atoms with Gasteiger partial charge >= 0.3 is 6.18 Å². The van der Waals surface area contributed by atoms with E-state index in [4.69, 9.17) is 0 Å². The van der Waals surface area contributed by atoms with Crippen molar-refractivity contribution in [1.29, 1.82) is 0 Å². The molecule has 7 nitrogen and oxygen atoms in total. The number of alkyl halides is 3. The molecule has 0 atom stereocenters. The number of rotatable bonds is 6. The minimum atomic E-state index is -4.80. The third-order valence-corrected chi connectivity index (χ3v) is 7.07. The van der Waals surface area contributed by atoms with Crippen LogP contribution < -0.4 is 10.6 Å². The highest BCUT2D eigenvalue weighted by molar-refractivity contribution is 7.89. The van der Waals surface area contributed by atoms with Gasteiger partial charge in [-0.05, 0) is 37.1 Å². The standard InChI is InChI=1S/C21H22F3N3O4S/c22-21(23,24)17-8-4-5-9-18(17)32(30,31)27-12-10-15(11-13-27)20(29)25-14-19(28)26-16-6-2-1-3-7-16/h1-9,15H,10-14H2,(H,25,29)(H,26,28). The van der Waals surface area contributed by atoms with Gasteiger partial charge in [-0.2, -0.15) is 17.5 Å². The monoisotopic (exact) mass is 469 g/mol. The maximum Gasteiger partial charge on any atom is 0.417 e. The molecule has 0 aliphatic carbocycles. The number of nitrogens with one attached hydrogen (secondary N) is 2. The van der Waals surface area contributed by atoms with Crippen molar-refractivity contribution >= 4 is 27.5 Å². The second-order valence-electron chi connectivity index (χ2n) is 7.30. The zero-order chi connectivity index (χ0) is 23.4. The molecule has 1 aliphatic rings. The Balaban J connectivity index is 1.55. The zero-order valence-corrected chi connectivity index (χ0v) is 17.7. The van der Waals surface area contributed by atoms with E-state index in [2.05, 4.69) is 10.6 Å². The van der Waals surface area contributed by atoms with E-state index in [0.717, 1.165) is 22.5 Å². The minimum Gasteiger partial charge on any atom is -0.347 e. The number of piperidine rings is 1. The number of anilines is 1. The molecular formula is C21H22F3N3O4S. The van der Waals surface area contributed by atoms with Gasteiger partial charge in [0.15, 0.2) is 0 Å². The predicted octanol–water partition coefficient (Wildman–Crippen LogP) is 2.86. The number of hydrogen-bond donors (Lipinski definition) is 2. The van der Waals surface area contributed by atoms with Gasteiger partial charge in [-0.25, -0.2) is 8.42 Å². The van der Waals surface area contributed by atoms with E-state index in [1.807, 2.05) is 0 Å². The van der Waals surface area contributed by atoms with Crippen LogP contribution >= 0.6 is 0 Å². The van der Waals surface area contributed by atoms with Gasteiger partial charge in [-0.1, -0.05) is 30.3 Å². The Bertz CT molecular complexity index is 1070. The van der Waals surface area contributed by atoms with Gasteiger partial charge in [-0.3, -0.25) is 9.59 Å². The third kappa shape index (κ3) is 5.65. The van der Waals surface area contributed by atoms with Crippen LogP contribution in [0.5, 0.6) is 0 Å². The molecule has 2 aromatic carbocycles. The normalized spacial score (nSPS) is 15.8. The van der Waals surface area contributed by atoms with E-state index in [-0.39, 0.29) is 32.5 Å². The van der Waals surface area contributed by atoms with Gasteiger partial charge in [0.25, 0.3) is 0 Å². The van der Waals surface area contributed by atoms with Gasteiger partial charge in [0.05, 0.1) is 17.0 Å². The summed E-state index contributed by atoms with van der Waals surface area (Å²) in [6.45, 7) is -0.434. The summed E-state index contributed by atoms with van der Waals surface area (Å²) in [5, 5.41) is 5.15. The average molecular weight is 469 g/mol. The molecule has 3 rings (SSSR count). The van der Waals surface area contributed by atoms with Crippen LogP contribution in [0.4, 0.5) is 18.9 Å². The number of hydrogen-bond acceptors (Lipinski definition) is 4. The van der Waals surface area contributed by atoms with E-state index in [0.29, 0.717) is 5.69 Å². The molecule has 1 saturated heterocycles. The Kier molecular flexibility index (Phi) is 7.19. The van der Waals surface area contributed by atoms with Crippen molar-refractivity contribution in [3.8, 4) is 0 Å². The number of carbonyl (C=O) groups is 2. The molecule has 32 heavy (non-hydrogen) atoms. The molecule has 0 aromatic heterocycles. The fourth-order valence-electron chi connectivity index (χ4n) is 3.46. The molecule has 0 saturated carbocycles. The maximum atomic E-state index is 13.2. The summed E-state index contributed by atoms with van der Waals surface area (Å²) < 4.78 is 66.2. The van der Waals surface area contributed by atoms with Crippen LogP contribution in [-0.2, 0) is 25.8 Å². The average Bonchev–Trinajstić information content (AvgIpc) is 2.77. The molecule has 0 spiro atoms. The lowest BCUT2D eigenvalue weighted by Gasteiger charge is -2.31. The first-order valence-corrected chi connectivity index (χ1v) is 11.3. The van der Waals surface area contributed by atoms with Crippen molar-refractivity contribution in [2.45, 2.75) is 23.9 Å². The van der Waals surface area contributed by atoms with E-state index in [1.54, 1.807) is 30.3 Å². The quantitative estimate of drug-likeness (QED) is 0.680. The molecule has 0 unspecified atom stereocenters. The number of halogens is 3. The summed E-state index contributed by atoms with van der Waals surface area (Å²) >= 11 is 0. The zero-order valence-electron chi connectivity index (χ0n) is 16.9. The van der Waals surface area contributed by atoms with Crippen molar-refractivity contribution in [2.24, 2.45) is 5.92 Å². The highest BCUT2D eigenvalue weighted by Gasteiger charge is 2.40. The lowest BCUT2D eigenvalue weighted by molar-refractivity contribution is -0.140. The fourth-order valence-corrected chi connectivity index (χ4v) is 5.14. The summed E-state index contributed by atoms with van der Waals surface area (Å²) in [5.74, 6) is -1.35. The molecule has 2 N–H and O–H groups in total. The second-order valence-corrected chi connectivity index (χ2v) is 9.21. The summed E-state index contributed by atoms with van der Waals surface area (Å²) in [5.41, 5.74) is -0.631. The Morgan fingerprint density at radius 2 is 1.56 bits per heavy atom. The number of nitrogens with zero attached hydrogens (tertiary/aromatic N) is 1. The Hall–Kier alpha value is -2.92. The molecule has 1 aliphatic heterocycles. The number of benzene rings is 2. The maximum absolute atomic E-state index is 13.2. The van der Waals surface area contributed by atoms with Crippen LogP contribution in [0.2, 0.25) is 0 Å². The number of carbonyl (C=O) groups excluding carboxylic acids is 2. The summed E-state index contributed by atoms with van der Waals surface area (Å²) in [6.07, 6.45) is -4.53. The van der Waals surface area contributed by atoms with Crippen molar-refractivity contribution in [3.63, 3.8) is 0 Å². The van der Waals surface area contributed by atoms with Crippen molar-refractivity contribution in [1.82, 2.24) is 9.62 Å². The van der Waals surface area contributed by atoms with E-state index in [1.165, 1.54) is 6.07 Å². The number of amides is 2. The molecule has 11 heteroatoms. The highest BCUT2D eigenvalue weighted by Crippen LogP contribution is 2.36.